The van der Waals surface area contributed by atoms with Crippen LogP contribution in [0.25, 0.3) is 0 Å². The standard InChI is InChI=1S/C28H42N2O9/c1-26(2,39-25-21(34)19(32)20(33)22(38-25)24(36)37)30-23(35)16-7-6-14-13-5-8-17-28(4,12-10-18(31)29-17)15(13)9-11-27(14,16)3/h10,12-17,19-22,25,32-34H,5-9,11H2,1-4H3,(H,29,31)(H,30,35)(H,36,37)/t13-,14-,15-,16+,17+,19-,20-,21+,22-,25-,27-,28+/m0/s1. The average molecular weight is 551 g/mol. The summed E-state index contributed by atoms with van der Waals surface area (Å²) in [5.74, 6) is -0.632. The SMILES string of the molecule is CC(C)(NC(=O)[C@H]1CC[C@H]2[C@@H]3CC[C@H]4NC(=O)C=C[C@]4(C)[C@H]3CC[C@]12C)O[C@@H]1O[C@H](C(=O)O)[C@@H](O)[C@H](O)[C@H]1O. The summed E-state index contributed by atoms with van der Waals surface area (Å²) in [7, 11) is 0. The van der Waals surface area contributed by atoms with Crippen molar-refractivity contribution < 1.29 is 44.3 Å². The zero-order valence-corrected chi connectivity index (χ0v) is 23.0. The summed E-state index contributed by atoms with van der Waals surface area (Å²) < 4.78 is 11.0. The second-order valence-corrected chi connectivity index (χ2v) is 13.2. The molecule has 2 amide bonds. The Kier molecular flexibility index (Phi) is 7.15. The molecule has 0 aromatic rings. The monoisotopic (exact) mass is 550 g/mol. The number of ether oxygens (including phenoxy) is 2. The molecule has 5 aliphatic rings. The Morgan fingerprint density at radius 3 is 2.46 bits per heavy atom. The summed E-state index contributed by atoms with van der Waals surface area (Å²) in [5.41, 5.74) is -1.63. The van der Waals surface area contributed by atoms with Gasteiger partial charge in [0.25, 0.3) is 0 Å². The van der Waals surface area contributed by atoms with Crippen molar-refractivity contribution in [3.05, 3.63) is 12.2 Å². The molecule has 0 aromatic carbocycles. The highest BCUT2D eigenvalue weighted by Gasteiger charge is 2.61. The van der Waals surface area contributed by atoms with E-state index in [4.69, 9.17) is 9.47 Å². The maximum Gasteiger partial charge on any atom is 0.335 e. The summed E-state index contributed by atoms with van der Waals surface area (Å²) >= 11 is 0. The molecule has 39 heavy (non-hydrogen) atoms. The number of amides is 2. The van der Waals surface area contributed by atoms with Gasteiger partial charge in [0.15, 0.2) is 12.4 Å². The first-order chi connectivity index (χ1) is 18.2. The number of aliphatic hydroxyl groups is 3. The van der Waals surface area contributed by atoms with Gasteiger partial charge in [-0.2, -0.15) is 0 Å². The molecule has 6 N–H and O–H groups in total. The third kappa shape index (κ3) is 4.69. The molecule has 218 valence electrons. The molecule has 11 heteroatoms. The maximum absolute atomic E-state index is 13.7. The van der Waals surface area contributed by atoms with Crippen LogP contribution in [-0.2, 0) is 23.9 Å². The third-order valence-electron chi connectivity index (χ3n) is 10.7. The van der Waals surface area contributed by atoms with Gasteiger partial charge in [-0.15, -0.1) is 0 Å². The molecule has 3 aliphatic carbocycles. The number of aliphatic hydroxyl groups excluding tert-OH is 3. The molecule has 3 saturated carbocycles. The van der Waals surface area contributed by atoms with Crippen LogP contribution >= 0.6 is 0 Å². The van der Waals surface area contributed by atoms with Crippen LogP contribution in [0.15, 0.2) is 12.2 Å². The maximum atomic E-state index is 13.7. The van der Waals surface area contributed by atoms with Gasteiger partial charge in [-0.05, 0) is 81.6 Å². The summed E-state index contributed by atoms with van der Waals surface area (Å²) in [6.45, 7) is 7.63. The lowest BCUT2D eigenvalue weighted by Gasteiger charge is -2.58. The van der Waals surface area contributed by atoms with E-state index in [2.05, 4.69) is 30.6 Å². The highest BCUT2D eigenvalue weighted by atomic mass is 16.7. The Morgan fingerprint density at radius 2 is 1.77 bits per heavy atom. The Balaban J connectivity index is 1.27. The number of carboxylic acid groups (broad SMARTS) is 1. The molecule has 12 atom stereocenters. The average Bonchev–Trinajstić information content (AvgIpc) is 3.21. The van der Waals surface area contributed by atoms with Crippen LogP contribution in [0.4, 0.5) is 0 Å². The Morgan fingerprint density at radius 1 is 1.05 bits per heavy atom. The molecule has 2 aliphatic heterocycles. The molecule has 0 radical (unpaired) electrons. The quantitative estimate of drug-likeness (QED) is 0.269. The van der Waals surface area contributed by atoms with Crippen LogP contribution in [0.2, 0.25) is 0 Å². The molecular formula is C28H42N2O9. The lowest BCUT2D eigenvalue weighted by molar-refractivity contribution is -0.319. The second kappa shape index (κ2) is 9.80. The predicted molar refractivity (Wildman–Crippen MR) is 137 cm³/mol. The third-order valence-corrected chi connectivity index (χ3v) is 10.7. The molecule has 4 fully saturated rings. The fourth-order valence-corrected chi connectivity index (χ4v) is 8.62. The number of fused-ring (bicyclic) bond motifs is 5. The van der Waals surface area contributed by atoms with Gasteiger partial charge >= 0.3 is 5.97 Å². The van der Waals surface area contributed by atoms with E-state index in [0.29, 0.717) is 17.8 Å². The van der Waals surface area contributed by atoms with Gasteiger partial charge in [-0.1, -0.05) is 19.9 Å². The largest absolute Gasteiger partial charge is 0.479 e. The van der Waals surface area contributed by atoms with E-state index < -0.39 is 42.4 Å². The van der Waals surface area contributed by atoms with Crippen molar-refractivity contribution in [2.45, 2.75) is 109 Å². The number of carboxylic acids is 1. The van der Waals surface area contributed by atoms with Gasteiger partial charge in [0.1, 0.15) is 24.0 Å². The first kappa shape index (κ1) is 28.5. The van der Waals surface area contributed by atoms with Crippen LogP contribution in [0.3, 0.4) is 0 Å². The van der Waals surface area contributed by atoms with Crippen molar-refractivity contribution >= 4 is 17.8 Å². The molecule has 0 spiro atoms. The van der Waals surface area contributed by atoms with E-state index in [1.54, 1.807) is 19.9 Å². The summed E-state index contributed by atoms with van der Waals surface area (Å²) in [4.78, 5) is 37.1. The molecule has 0 aromatic heterocycles. The van der Waals surface area contributed by atoms with E-state index in [1.807, 2.05) is 0 Å². The predicted octanol–water partition coefficient (Wildman–Crippen LogP) is 0.661. The van der Waals surface area contributed by atoms with Crippen LogP contribution in [0.1, 0.15) is 66.2 Å². The number of carbonyl (C=O) groups excluding carboxylic acids is 2. The molecule has 5 rings (SSSR count). The van der Waals surface area contributed by atoms with E-state index in [9.17, 15) is 34.8 Å². The number of hydrogen-bond acceptors (Lipinski definition) is 8. The fraction of sp³-hybridized carbons (Fsp3) is 0.821. The molecule has 1 saturated heterocycles. The topological polar surface area (TPSA) is 175 Å². The van der Waals surface area contributed by atoms with Crippen molar-refractivity contribution in [1.82, 2.24) is 10.6 Å². The number of aliphatic carboxylic acids is 1. The molecule has 0 unspecified atom stereocenters. The van der Waals surface area contributed by atoms with Crippen LogP contribution in [-0.4, -0.2) is 80.7 Å². The van der Waals surface area contributed by atoms with Gasteiger partial charge in [0.05, 0.1) is 0 Å². The Hall–Kier alpha value is -2.05. The minimum absolute atomic E-state index is 0.0191. The van der Waals surface area contributed by atoms with Crippen molar-refractivity contribution in [1.29, 1.82) is 0 Å². The summed E-state index contributed by atoms with van der Waals surface area (Å²) in [5, 5.41) is 45.8. The van der Waals surface area contributed by atoms with Crippen molar-refractivity contribution in [2.75, 3.05) is 0 Å². The summed E-state index contributed by atoms with van der Waals surface area (Å²) in [6, 6.07) is 0.150. The van der Waals surface area contributed by atoms with Crippen molar-refractivity contribution in [3.63, 3.8) is 0 Å². The smallest absolute Gasteiger partial charge is 0.335 e. The van der Waals surface area contributed by atoms with Gasteiger partial charge in [-0.3, -0.25) is 9.59 Å². The van der Waals surface area contributed by atoms with E-state index >= 15 is 0 Å². The van der Waals surface area contributed by atoms with Gasteiger partial charge in [0, 0.05) is 17.4 Å². The molecule has 0 bridgehead atoms. The highest BCUT2D eigenvalue weighted by Crippen LogP contribution is 2.65. The molecular weight excluding hydrogens is 508 g/mol. The highest BCUT2D eigenvalue weighted by molar-refractivity contribution is 5.89. The van der Waals surface area contributed by atoms with Crippen LogP contribution in [0, 0.1) is 34.5 Å². The molecule has 11 nitrogen and oxygen atoms in total. The van der Waals surface area contributed by atoms with E-state index in [1.165, 1.54) is 0 Å². The van der Waals surface area contributed by atoms with Crippen LogP contribution < -0.4 is 10.6 Å². The van der Waals surface area contributed by atoms with Gasteiger partial charge < -0.3 is 40.5 Å². The van der Waals surface area contributed by atoms with E-state index in [0.717, 1.165) is 38.5 Å². The fourth-order valence-electron chi connectivity index (χ4n) is 8.62. The number of carbonyl (C=O) groups is 3. The zero-order valence-electron chi connectivity index (χ0n) is 23.0. The first-order valence-corrected chi connectivity index (χ1v) is 14.1. The van der Waals surface area contributed by atoms with Gasteiger partial charge in [0.2, 0.25) is 11.8 Å². The van der Waals surface area contributed by atoms with Crippen molar-refractivity contribution in [3.8, 4) is 0 Å². The number of nitrogens with one attached hydrogen (secondary N) is 2. The normalized spacial score (nSPS) is 47.4. The minimum atomic E-state index is -1.82. The number of rotatable bonds is 5. The van der Waals surface area contributed by atoms with Crippen LogP contribution in [0.5, 0.6) is 0 Å². The number of hydrogen-bond donors (Lipinski definition) is 6. The lowest BCUT2D eigenvalue weighted by Crippen LogP contribution is -2.63. The van der Waals surface area contributed by atoms with E-state index in [-0.39, 0.29) is 34.6 Å². The minimum Gasteiger partial charge on any atom is -0.479 e. The molecule has 2 heterocycles. The Bertz CT molecular complexity index is 1050. The second-order valence-electron chi connectivity index (χ2n) is 13.2. The summed E-state index contributed by atoms with van der Waals surface area (Å²) in [6.07, 6.45) is 0.649. The van der Waals surface area contributed by atoms with Crippen molar-refractivity contribution in [2.24, 2.45) is 34.5 Å². The Labute approximate surface area is 228 Å². The first-order valence-electron chi connectivity index (χ1n) is 14.1. The van der Waals surface area contributed by atoms with Gasteiger partial charge in [-0.25, -0.2) is 4.79 Å². The zero-order chi connectivity index (χ0) is 28.5. The lowest BCUT2D eigenvalue weighted by atomic mass is 9.48.